The Morgan fingerprint density at radius 3 is 2.73 bits per heavy atom. The molecule has 0 radical (unpaired) electrons. The molecule has 2 aromatic carbocycles. The van der Waals surface area contributed by atoms with Crippen LogP contribution in [0.5, 0.6) is 0 Å². The molecule has 5 nitrogen and oxygen atoms in total. The number of imidazole rings is 1. The third-order valence-corrected chi connectivity index (χ3v) is 6.62. The number of aryl methyl sites for hydroxylation is 1. The van der Waals surface area contributed by atoms with Crippen LogP contribution in [0.25, 0.3) is 11.0 Å². The molecule has 1 aromatic heterocycles. The maximum atomic E-state index is 13.1. The Morgan fingerprint density at radius 1 is 1.27 bits per heavy atom. The number of amides is 1. The van der Waals surface area contributed by atoms with Gasteiger partial charge in [-0.2, -0.15) is 0 Å². The highest BCUT2D eigenvalue weighted by Gasteiger charge is 2.30. The van der Waals surface area contributed by atoms with Gasteiger partial charge in [0.2, 0.25) is 0 Å². The summed E-state index contributed by atoms with van der Waals surface area (Å²) in [5.41, 5.74) is 3.68. The van der Waals surface area contributed by atoms with Gasteiger partial charge in [-0.1, -0.05) is 29.8 Å². The van der Waals surface area contributed by atoms with Crippen molar-refractivity contribution in [3.63, 3.8) is 0 Å². The second kappa shape index (κ2) is 8.40. The SMILES string of the molecule is Cc1nc2ccccc2n1Cc1ccc(C(=O)N(C)C2CCN(C(C)C)C2)cc1Cl. The molecule has 30 heavy (non-hydrogen) atoms. The minimum Gasteiger partial charge on any atom is -0.337 e. The summed E-state index contributed by atoms with van der Waals surface area (Å²) in [5, 5.41) is 0.613. The van der Waals surface area contributed by atoms with Gasteiger partial charge >= 0.3 is 0 Å². The zero-order valence-corrected chi connectivity index (χ0v) is 18.9. The summed E-state index contributed by atoms with van der Waals surface area (Å²) in [7, 11) is 1.90. The Hall–Kier alpha value is -2.37. The van der Waals surface area contributed by atoms with Crippen LogP contribution in [-0.4, -0.2) is 57.5 Å². The van der Waals surface area contributed by atoms with E-state index in [2.05, 4.69) is 34.4 Å². The second-order valence-electron chi connectivity index (χ2n) is 8.49. The molecule has 1 saturated heterocycles. The molecule has 158 valence electrons. The topological polar surface area (TPSA) is 41.4 Å². The predicted octanol–water partition coefficient (Wildman–Crippen LogP) is 4.60. The van der Waals surface area contributed by atoms with Gasteiger partial charge in [0.15, 0.2) is 0 Å². The number of likely N-dealkylation sites (tertiary alicyclic amines) is 1. The summed E-state index contributed by atoms with van der Waals surface area (Å²) in [5.74, 6) is 0.978. The number of halogens is 1. The number of carbonyl (C=O) groups is 1. The van der Waals surface area contributed by atoms with Gasteiger partial charge < -0.3 is 9.47 Å². The van der Waals surface area contributed by atoms with Crippen LogP contribution in [0, 0.1) is 6.92 Å². The Labute approximate surface area is 183 Å². The quantitative estimate of drug-likeness (QED) is 0.601. The van der Waals surface area contributed by atoms with Crippen molar-refractivity contribution in [2.24, 2.45) is 0 Å². The van der Waals surface area contributed by atoms with Crippen LogP contribution in [-0.2, 0) is 6.54 Å². The molecule has 1 aliphatic rings. The van der Waals surface area contributed by atoms with E-state index in [1.165, 1.54) is 0 Å². The summed E-state index contributed by atoms with van der Waals surface area (Å²) in [6.07, 6.45) is 1.01. The molecule has 0 bridgehead atoms. The van der Waals surface area contributed by atoms with E-state index in [0.717, 1.165) is 41.9 Å². The van der Waals surface area contributed by atoms with Gasteiger partial charge in [-0.15, -0.1) is 0 Å². The van der Waals surface area contributed by atoms with Crippen molar-refractivity contribution in [1.29, 1.82) is 0 Å². The lowest BCUT2D eigenvalue weighted by atomic mass is 10.1. The number of hydrogen-bond acceptors (Lipinski definition) is 3. The molecule has 1 atom stereocenters. The molecular formula is C24H29ClN4O. The summed E-state index contributed by atoms with van der Waals surface area (Å²) >= 11 is 6.61. The number of carbonyl (C=O) groups excluding carboxylic acids is 1. The number of aromatic nitrogens is 2. The minimum atomic E-state index is 0.0308. The Bertz CT molecular complexity index is 1070. The Kier molecular flexibility index (Phi) is 5.85. The van der Waals surface area contributed by atoms with E-state index in [-0.39, 0.29) is 11.9 Å². The molecule has 2 heterocycles. The highest BCUT2D eigenvalue weighted by Crippen LogP contribution is 2.25. The molecule has 1 fully saturated rings. The molecule has 6 heteroatoms. The van der Waals surface area contributed by atoms with Crippen molar-refractivity contribution >= 4 is 28.5 Å². The van der Waals surface area contributed by atoms with Gasteiger partial charge in [-0.25, -0.2) is 4.98 Å². The van der Waals surface area contributed by atoms with Crippen molar-refractivity contribution in [1.82, 2.24) is 19.4 Å². The summed E-state index contributed by atoms with van der Waals surface area (Å²) in [6.45, 7) is 9.00. The van der Waals surface area contributed by atoms with Crippen LogP contribution >= 0.6 is 11.6 Å². The van der Waals surface area contributed by atoms with Crippen LogP contribution in [0.2, 0.25) is 5.02 Å². The number of nitrogens with zero attached hydrogens (tertiary/aromatic N) is 4. The molecule has 1 aliphatic heterocycles. The molecule has 4 rings (SSSR count). The second-order valence-corrected chi connectivity index (χ2v) is 8.89. The number of likely N-dealkylation sites (N-methyl/N-ethyl adjacent to an activating group) is 1. The first kappa shape index (κ1) is 20.9. The summed E-state index contributed by atoms with van der Waals surface area (Å²) in [6, 6.07) is 14.5. The van der Waals surface area contributed by atoms with Crippen LogP contribution in [0.15, 0.2) is 42.5 Å². The van der Waals surface area contributed by atoms with Crippen molar-refractivity contribution in [3.8, 4) is 0 Å². The maximum Gasteiger partial charge on any atom is 0.253 e. The smallest absolute Gasteiger partial charge is 0.253 e. The highest BCUT2D eigenvalue weighted by atomic mass is 35.5. The molecule has 1 amide bonds. The lowest BCUT2D eigenvalue weighted by molar-refractivity contribution is 0.0732. The van der Waals surface area contributed by atoms with E-state index in [0.29, 0.717) is 23.2 Å². The number of hydrogen-bond donors (Lipinski definition) is 0. The van der Waals surface area contributed by atoms with Crippen molar-refractivity contribution in [2.45, 2.75) is 45.8 Å². The van der Waals surface area contributed by atoms with E-state index in [4.69, 9.17) is 11.6 Å². The summed E-state index contributed by atoms with van der Waals surface area (Å²) < 4.78 is 2.16. The van der Waals surface area contributed by atoms with Crippen LogP contribution < -0.4 is 0 Å². The van der Waals surface area contributed by atoms with E-state index >= 15 is 0 Å². The lowest BCUT2D eigenvalue weighted by Crippen LogP contribution is -2.40. The van der Waals surface area contributed by atoms with Crippen molar-refractivity contribution in [2.75, 3.05) is 20.1 Å². The van der Waals surface area contributed by atoms with Gasteiger partial charge in [-0.05, 0) is 57.0 Å². The van der Waals surface area contributed by atoms with Crippen LogP contribution in [0.1, 0.15) is 42.0 Å². The van der Waals surface area contributed by atoms with E-state index in [1.807, 2.05) is 49.2 Å². The molecular weight excluding hydrogens is 396 g/mol. The number of rotatable bonds is 5. The third kappa shape index (κ3) is 3.96. The first-order valence-corrected chi connectivity index (χ1v) is 10.9. The first-order valence-electron chi connectivity index (χ1n) is 10.6. The fourth-order valence-electron chi connectivity index (χ4n) is 4.30. The van der Waals surface area contributed by atoms with E-state index in [9.17, 15) is 4.79 Å². The summed E-state index contributed by atoms with van der Waals surface area (Å²) in [4.78, 5) is 22.0. The molecule has 0 N–H and O–H groups in total. The highest BCUT2D eigenvalue weighted by molar-refractivity contribution is 6.31. The van der Waals surface area contributed by atoms with Crippen LogP contribution in [0.4, 0.5) is 0 Å². The standard InChI is InChI=1S/C24H29ClN4O/c1-16(2)28-12-11-20(15-28)27(4)24(30)18-9-10-19(21(25)13-18)14-29-17(3)26-22-7-5-6-8-23(22)29/h5-10,13,16,20H,11-12,14-15H2,1-4H3. The number of benzene rings is 2. The van der Waals surface area contributed by atoms with Crippen molar-refractivity contribution < 1.29 is 4.79 Å². The molecule has 0 saturated carbocycles. The Balaban J connectivity index is 1.52. The molecule has 0 spiro atoms. The zero-order chi connectivity index (χ0) is 21.4. The first-order chi connectivity index (χ1) is 14.3. The molecule has 1 unspecified atom stereocenters. The lowest BCUT2D eigenvalue weighted by Gasteiger charge is -2.26. The Morgan fingerprint density at radius 2 is 2.03 bits per heavy atom. The third-order valence-electron chi connectivity index (χ3n) is 6.27. The average Bonchev–Trinajstić information content (AvgIpc) is 3.34. The van der Waals surface area contributed by atoms with E-state index in [1.54, 1.807) is 6.07 Å². The maximum absolute atomic E-state index is 13.1. The van der Waals surface area contributed by atoms with Gasteiger partial charge in [0.1, 0.15) is 5.82 Å². The largest absolute Gasteiger partial charge is 0.337 e. The van der Waals surface area contributed by atoms with Crippen molar-refractivity contribution in [3.05, 3.63) is 64.4 Å². The normalized spacial score (nSPS) is 17.2. The average molecular weight is 425 g/mol. The van der Waals surface area contributed by atoms with Gasteiger partial charge in [0, 0.05) is 42.8 Å². The number of fused-ring (bicyclic) bond motifs is 1. The number of para-hydroxylation sites is 2. The fourth-order valence-corrected chi connectivity index (χ4v) is 4.54. The van der Waals surface area contributed by atoms with E-state index < -0.39 is 0 Å². The zero-order valence-electron chi connectivity index (χ0n) is 18.1. The predicted molar refractivity (Wildman–Crippen MR) is 122 cm³/mol. The van der Waals surface area contributed by atoms with Crippen LogP contribution in [0.3, 0.4) is 0 Å². The molecule has 0 aliphatic carbocycles. The van der Waals surface area contributed by atoms with Gasteiger partial charge in [-0.3, -0.25) is 9.69 Å². The fraction of sp³-hybridized carbons (Fsp3) is 0.417. The van der Waals surface area contributed by atoms with Gasteiger partial charge in [0.25, 0.3) is 5.91 Å². The molecule has 3 aromatic rings. The monoisotopic (exact) mass is 424 g/mol. The minimum absolute atomic E-state index is 0.0308. The van der Waals surface area contributed by atoms with Gasteiger partial charge in [0.05, 0.1) is 17.6 Å².